The first-order valence-electron chi connectivity index (χ1n) is 10.7. The maximum absolute atomic E-state index is 13.1. The summed E-state index contributed by atoms with van der Waals surface area (Å²) in [5, 5.41) is 15.2. The summed E-state index contributed by atoms with van der Waals surface area (Å²) in [6.07, 6.45) is 4.98. The monoisotopic (exact) mass is 507 g/mol. The second-order valence-electron chi connectivity index (χ2n) is 8.29. The smallest absolute Gasteiger partial charge is 0.311 e. The molecule has 182 valence electrons. The van der Waals surface area contributed by atoms with Gasteiger partial charge in [-0.25, -0.2) is 30.5 Å². The lowest BCUT2D eigenvalue weighted by Gasteiger charge is -2.29. The van der Waals surface area contributed by atoms with Crippen molar-refractivity contribution in [2.24, 2.45) is 5.92 Å². The molecule has 1 aliphatic rings. The van der Waals surface area contributed by atoms with Crippen molar-refractivity contribution in [1.82, 2.24) is 13.7 Å². The lowest BCUT2D eigenvalue weighted by atomic mass is 9.87. The Morgan fingerprint density at radius 1 is 1.09 bits per heavy atom. The Balaban J connectivity index is 1.64. The molecule has 2 N–H and O–H groups in total. The van der Waals surface area contributed by atoms with Crippen LogP contribution in [0.5, 0.6) is 0 Å². The van der Waals surface area contributed by atoms with E-state index in [1.54, 1.807) is 18.2 Å². The van der Waals surface area contributed by atoms with E-state index in [1.807, 2.05) is 0 Å². The van der Waals surface area contributed by atoms with Crippen molar-refractivity contribution in [3.05, 3.63) is 58.9 Å². The summed E-state index contributed by atoms with van der Waals surface area (Å²) in [5.74, 6) is 0.0656. The van der Waals surface area contributed by atoms with Gasteiger partial charge >= 0.3 is 5.69 Å². The summed E-state index contributed by atoms with van der Waals surface area (Å²) >= 11 is 0. The maximum Gasteiger partial charge on any atom is 0.311 e. The molecule has 0 amide bonds. The van der Waals surface area contributed by atoms with Crippen LogP contribution in [0.1, 0.15) is 25.7 Å². The second-order valence-corrected chi connectivity index (χ2v) is 12.1. The molecule has 4 rings (SSSR count). The van der Waals surface area contributed by atoms with Gasteiger partial charge in [-0.05, 0) is 56.8 Å². The van der Waals surface area contributed by atoms with E-state index in [4.69, 9.17) is 0 Å². The fourth-order valence-corrected chi connectivity index (χ4v) is 6.76. The Hall–Kier alpha value is -3.03. The number of nitrogens with zero attached hydrogens (tertiary/aromatic N) is 3. The van der Waals surface area contributed by atoms with E-state index in [1.165, 1.54) is 31.4 Å². The molecule has 0 atom stereocenters. The summed E-state index contributed by atoms with van der Waals surface area (Å²) in [5.41, 5.74) is 0.0521. The molecule has 0 unspecified atom stereocenters. The van der Waals surface area contributed by atoms with Crippen LogP contribution in [0.15, 0.2) is 53.7 Å². The van der Waals surface area contributed by atoms with Crippen molar-refractivity contribution in [2.45, 2.75) is 36.6 Å². The first-order valence-corrected chi connectivity index (χ1v) is 13.8. The molecule has 1 fully saturated rings. The zero-order chi connectivity index (χ0) is 24.5. The van der Waals surface area contributed by atoms with Crippen LogP contribution in [0.2, 0.25) is 0 Å². The van der Waals surface area contributed by atoms with Crippen LogP contribution in [0.3, 0.4) is 0 Å². The average molecular weight is 508 g/mol. The van der Waals surface area contributed by atoms with Crippen molar-refractivity contribution >= 4 is 42.5 Å². The molecule has 1 aliphatic carbocycles. The minimum absolute atomic E-state index is 0.0139. The number of nitrogens with one attached hydrogen (secondary N) is 2. The molecule has 0 aliphatic heterocycles. The minimum atomic E-state index is -3.94. The van der Waals surface area contributed by atoms with E-state index in [0.29, 0.717) is 31.1 Å². The van der Waals surface area contributed by atoms with Gasteiger partial charge in [0.25, 0.3) is 10.0 Å². The fourth-order valence-electron chi connectivity index (χ4n) is 4.31. The molecule has 0 radical (unpaired) electrons. The summed E-state index contributed by atoms with van der Waals surface area (Å²) in [6.45, 7) is 0. The molecule has 34 heavy (non-hydrogen) atoms. The van der Waals surface area contributed by atoms with Crippen LogP contribution in [0, 0.1) is 16.0 Å². The van der Waals surface area contributed by atoms with Crippen LogP contribution in [0.4, 0.5) is 11.4 Å². The lowest BCUT2D eigenvalue weighted by Crippen LogP contribution is -2.32. The number of fused-ring (bicyclic) bond motifs is 1. The summed E-state index contributed by atoms with van der Waals surface area (Å²) < 4.78 is 53.2. The van der Waals surface area contributed by atoms with E-state index in [0.717, 1.165) is 10.2 Å². The van der Waals surface area contributed by atoms with Gasteiger partial charge in [-0.2, -0.15) is 0 Å². The van der Waals surface area contributed by atoms with Crippen LogP contribution in [-0.2, 0) is 20.0 Å². The predicted molar refractivity (Wildman–Crippen MR) is 128 cm³/mol. The molecule has 11 nitrogen and oxygen atoms in total. The summed E-state index contributed by atoms with van der Waals surface area (Å²) in [7, 11) is -5.85. The first-order chi connectivity index (χ1) is 16.1. The second kappa shape index (κ2) is 9.31. The van der Waals surface area contributed by atoms with Gasteiger partial charge in [0, 0.05) is 12.2 Å². The van der Waals surface area contributed by atoms with Crippen LogP contribution in [0.25, 0.3) is 11.0 Å². The predicted octanol–water partition coefficient (Wildman–Crippen LogP) is 2.70. The molecule has 1 saturated carbocycles. The molecular weight excluding hydrogens is 482 g/mol. The number of hydrogen-bond acceptors (Lipinski definition) is 8. The zero-order valence-corrected chi connectivity index (χ0v) is 20.0. The van der Waals surface area contributed by atoms with Gasteiger partial charge in [0.05, 0.1) is 21.0 Å². The normalized spacial score (nSPS) is 19.2. The number of benzene rings is 1. The SMILES string of the molecule is CNS(=O)(=O)CC1CCC(Nc2c([N+](=O)[O-])cnc3c2ccn3S(=O)(=O)c2ccccc2)CC1. The quantitative estimate of drug-likeness (QED) is 0.348. The zero-order valence-electron chi connectivity index (χ0n) is 18.4. The summed E-state index contributed by atoms with van der Waals surface area (Å²) in [6, 6.07) is 9.26. The molecule has 1 aromatic carbocycles. The number of nitro groups is 1. The Bertz CT molecular complexity index is 1410. The minimum Gasteiger partial charge on any atom is -0.376 e. The average Bonchev–Trinajstić information content (AvgIpc) is 3.26. The number of pyridine rings is 1. The highest BCUT2D eigenvalue weighted by molar-refractivity contribution is 7.90. The number of hydrogen-bond donors (Lipinski definition) is 2. The van der Waals surface area contributed by atoms with E-state index < -0.39 is 25.0 Å². The molecule has 3 aromatic rings. The van der Waals surface area contributed by atoms with E-state index in [-0.39, 0.29) is 39.6 Å². The highest BCUT2D eigenvalue weighted by Crippen LogP contribution is 2.36. The van der Waals surface area contributed by atoms with Crippen molar-refractivity contribution < 1.29 is 21.8 Å². The van der Waals surface area contributed by atoms with Gasteiger partial charge in [0.2, 0.25) is 10.0 Å². The molecular formula is C21H25N5O6S2. The van der Waals surface area contributed by atoms with Gasteiger partial charge in [0.1, 0.15) is 11.9 Å². The van der Waals surface area contributed by atoms with Crippen LogP contribution in [-0.4, -0.2) is 49.6 Å². The molecule has 2 aromatic heterocycles. The van der Waals surface area contributed by atoms with Crippen LogP contribution >= 0.6 is 0 Å². The number of anilines is 1. The largest absolute Gasteiger partial charge is 0.376 e. The Labute approximate surface area is 197 Å². The molecule has 0 spiro atoms. The molecule has 13 heteroatoms. The first kappa shape index (κ1) is 24.1. The lowest BCUT2D eigenvalue weighted by molar-refractivity contribution is -0.384. The van der Waals surface area contributed by atoms with E-state index in [2.05, 4.69) is 15.0 Å². The molecule has 2 heterocycles. The maximum atomic E-state index is 13.1. The van der Waals surface area contributed by atoms with Crippen molar-refractivity contribution in [3.63, 3.8) is 0 Å². The number of sulfonamides is 1. The van der Waals surface area contributed by atoms with Gasteiger partial charge in [0.15, 0.2) is 5.65 Å². The molecule has 0 saturated heterocycles. The highest BCUT2D eigenvalue weighted by Gasteiger charge is 2.29. The van der Waals surface area contributed by atoms with Gasteiger partial charge in [-0.15, -0.1) is 0 Å². The molecule has 0 bridgehead atoms. The fraction of sp³-hybridized carbons (Fsp3) is 0.381. The van der Waals surface area contributed by atoms with Crippen molar-refractivity contribution in [2.75, 3.05) is 18.1 Å². The third-order valence-electron chi connectivity index (χ3n) is 6.12. The van der Waals surface area contributed by atoms with E-state index >= 15 is 0 Å². The van der Waals surface area contributed by atoms with Gasteiger partial charge in [-0.3, -0.25) is 10.1 Å². The third-order valence-corrected chi connectivity index (χ3v) is 9.33. The number of rotatable bonds is 8. The summed E-state index contributed by atoms with van der Waals surface area (Å²) in [4.78, 5) is 15.3. The Morgan fingerprint density at radius 2 is 1.76 bits per heavy atom. The third kappa shape index (κ3) is 4.76. The Morgan fingerprint density at radius 3 is 2.38 bits per heavy atom. The van der Waals surface area contributed by atoms with Gasteiger partial charge in [-0.1, -0.05) is 18.2 Å². The topological polar surface area (TPSA) is 153 Å². The van der Waals surface area contributed by atoms with Gasteiger partial charge < -0.3 is 5.32 Å². The van der Waals surface area contributed by atoms with Crippen molar-refractivity contribution in [1.29, 1.82) is 0 Å². The number of aromatic nitrogens is 2. The highest BCUT2D eigenvalue weighted by atomic mass is 32.2. The Kier molecular flexibility index (Phi) is 6.60. The van der Waals surface area contributed by atoms with Crippen LogP contribution < -0.4 is 10.0 Å². The van der Waals surface area contributed by atoms with Crippen molar-refractivity contribution in [3.8, 4) is 0 Å². The van der Waals surface area contributed by atoms with E-state index in [9.17, 15) is 26.9 Å². The standard InChI is InChI=1S/C21H25N5O6S2/c1-22-33(29,30)14-15-7-9-16(10-8-15)24-20-18-11-12-25(21(18)23-13-19(20)26(27)28)34(31,32)17-5-3-2-4-6-17/h2-6,11-13,15-16,22H,7-10,14H2,1H3,(H,23,24).